The molecular formula is C20H32O2. The molecule has 1 aliphatic carbocycles. The lowest BCUT2D eigenvalue weighted by molar-refractivity contribution is -0.202. The van der Waals surface area contributed by atoms with Gasteiger partial charge in [-0.25, -0.2) is 0 Å². The highest BCUT2D eigenvalue weighted by Gasteiger charge is 2.22. The second kappa shape index (κ2) is 8.69. The standard InChI is InChI=1S/C18H26O2.C2H6/c1-13-3-5-15(6-4-13)16-7-9-17(10-8-16)18-19-11-14(2)12-20-18;1-2/h7-10,13-15,18H,3-6,11-12H2,1-2H3;1-2H3. The predicted molar refractivity (Wildman–Crippen MR) is 92.0 cm³/mol. The molecule has 1 saturated carbocycles. The largest absolute Gasteiger partial charge is 0.348 e. The van der Waals surface area contributed by atoms with E-state index >= 15 is 0 Å². The highest BCUT2D eigenvalue weighted by atomic mass is 16.7. The lowest BCUT2D eigenvalue weighted by Gasteiger charge is -2.29. The minimum Gasteiger partial charge on any atom is -0.348 e. The summed E-state index contributed by atoms with van der Waals surface area (Å²) in [5, 5.41) is 0. The van der Waals surface area contributed by atoms with Crippen molar-refractivity contribution >= 4 is 0 Å². The van der Waals surface area contributed by atoms with Crippen molar-refractivity contribution in [3.8, 4) is 0 Å². The van der Waals surface area contributed by atoms with E-state index in [9.17, 15) is 0 Å². The molecule has 0 aromatic heterocycles. The fraction of sp³-hybridized carbons (Fsp3) is 0.700. The molecule has 3 rings (SSSR count). The average molecular weight is 304 g/mol. The molecule has 1 aromatic rings. The van der Waals surface area contributed by atoms with E-state index in [1.807, 2.05) is 13.8 Å². The zero-order valence-electron chi connectivity index (χ0n) is 14.7. The van der Waals surface area contributed by atoms with Gasteiger partial charge in [0.05, 0.1) is 13.2 Å². The third kappa shape index (κ3) is 4.57. The van der Waals surface area contributed by atoms with Gasteiger partial charge < -0.3 is 9.47 Å². The maximum atomic E-state index is 5.75. The Morgan fingerprint density at radius 1 is 0.727 bits per heavy atom. The molecule has 2 heteroatoms. The van der Waals surface area contributed by atoms with Crippen LogP contribution < -0.4 is 0 Å². The third-order valence-corrected chi connectivity index (χ3v) is 4.76. The van der Waals surface area contributed by atoms with Crippen LogP contribution in [0, 0.1) is 11.8 Å². The molecule has 124 valence electrons. The van der Waals surface area contributed by atoms with Gasteiger partial charge in [-0.3, -0.25) is 0 Å². The maximum absolute atomic E-state index is 5.75. The molecular weight excluding hydrogens is 272 g/mol. The van der Waals surface area contributed by atoms with E-state index in [0.29, 0.717) is 5.92 Å². The lowest BCUT2D eigenvalue weighted by atomic mass is 9.79. The summed E-state index contributed by atoms with van der Waals surface area (Å²) in [7, 11) is 0. The molecule has 0 atom stereocenters. The summed E-state index contributed by atoms with van der Waals surface area (Å²) in [5.74, 6) is 2.18. The molecule has 1 saturated heterocycles. The first kappa shape index (κ1) is 17.5. The van der Waals surface area contributed by atoms with Crippen LogP contribution in [-0.2, 0) is 9.47 Å². The van der Waals surface area contributed by atoms with Crippen molar-refractivity contribution in [2.24, 2.45) is 11.8 Å². The van der Waals surface area contributed by atoms with Crippen molar-refractivity contribution in [3.05, 3.63) is 35.4 Å². The van der Waals surface area contributed by atoms with Crippen LogP contribution in [0.1, 0.15) is 76.7 Å². The molecule has 2 aliphatic rings. The van der Waals surface area contributed by atoms with E-state index in [4.69, 9.17) is 9.47 Å². The zero-order valence-corrected chi connectivity index (χ0v) is 14.7. The van der Waals surface area contributed by atoms with Crippen LogP contribution in [0.3, 0.4) is 0 Å². The second-order valence-electron chi connectivity index (χ2n) is 6.73. The van der Waals surface area contributed by atoms with Crippen molar-refractivity contribution in [2.75, 3.05) is 13.2 Å². The van der Waals surface area contributed by atoms with Crippen LogP contribution in [-0.4, -0.2) is 13.2 Å². The number of hydrogen-bond donors (Lipinski definition) is 0. The van der Waals surface area contributed by atoms with E-state index in [0.717, 1.165) is 30.6 Å². The summed E-state index contributed by atoms with van der Waals surface area (Å²) in [6.45, 7) is 10.1. The highest BCUT2D eigenvalue weighted by Crippen LogP contribution is 2.36. The van der Waals surface area contributed by atoms with Gasteiger partial charge in [0, 0.05) is 11.5 Å². The van der Waals surface area contributed by atoms with Gasteiger partial charge in [-0.05, 0) is 30.2 Å². The first-order chi connectivity index (χ1) is 10.7. The van der Waals surface area contributed by atoms with Gasteiger partial charge in [-0.15, -0.1) is 0 Å². The maximum Gasteiger partial charge on any atom is 0.183 e. The van der Waals surface area contributed by atoms with Crippen LogP contribution in [0.2, 0.25) is 0 Å². The van der Waals surface area contributed by atoms with Crippen molar-refractivity contribution in [1.82, 2.24) is 0 Å². The van der Waals surface area contributed by atoms with Crippen LogP contribution in [0.15, 0.2) is 24.3 Å². The van der Waals surface area contributed by atoms with Gasteiger partial charge in [-0.1, -0.05) is 64.8 Å². The first-order valence-corrected chi connectivity index (χ1v) is 9.05. The van der Waals surface area contributed by atoms with E-state index in [2.05, 4.69) is 38.1 Å². The Morgan fingerprint density at radius 3 is 1.77 bits per heavy atom. The van der Waals surface area contributed by atoms with Gasteiger partial charge in [0.1, 0.15) is 0 Å². The van der Waals surface area contributed by atoms with Crippen molar-refractivity contribution in [2.45, 2.75) is 65.6 Å². The monoisotopic (exact) mass is 304 g/mol. The van der Waals surface area contributed by atoms with Gasteiger partial charge in [0.25, 0.3) is 0 Å². The van der Waals surface area contributed by atoms with E-state index < -0.39 is 0 Å². The summed E-state index contributed by atoms with van der Waals surface area (Å²) in [4.78, 5) is 0. The summed E-state index contributed by atoms with van der Waals surface area (Å²) < 4.78 is 11.5. The van der Waals surface area contributed by atoms with Crippen LogP contribution >= 0.6 is 0 Å². The van der Waals surface area contributed by atoms with Gasteiger partial charge in [0.15, 0.2) is 6.29 Å². The Kier molecular flexibility index (Phi) is 6.91. The summed E-state index contributed by atoms with van der Waals surface area (Å²) in [6, 6.07) is 8.93. The molecule has 22 heavy (non-hydrogen) atoms. The Balaban J connectivity index is 0.000000847. The minimum atomic E-state index is -0.161. The molecule has 0 unspecified atom stereocenters. The second-order valence-corrected chi connectivity index (χ2v) is 6.73. The fourth-order valence-electron chi connectivity index (χ4n) is 3.31. The molecule has 0 radical (unpaired) electrons. The molecule has 2 fully saturated rings. The Hall–Kier alpha value is -0.860. The fourth-order valence-corrected chi connectivity index (χ4v) is 3.31. The number of benzene rings is 1. The van der Waals surface area contributed by atoms with Crippen LogP contribution in [0.25, 0.3) is 0 Å². The van der Waals surface area contributed by atoms with Crippen molar-refractivity contribution in [1.29, 1.82) is 0 Å². The zero-order chi connectivity index (χ0) is 15.9. The summed E-state index contributed by atoms with van der Waals surface area (Å²) in [5.41, 5.74) is 2.65. The molecule has 0 bridgehead atoms. The molecule has 0 amide bonds. The summed E-state index contributed by atoms with van der Waals surface area (Å²) in [6.07, 6.45) is 5.27. The number of ether oxygens (including phenoxy) is 2. The molecule has 1 aromatic carbocycles. The van der Waals surface area contributed by atoms with Crippen molar-refractivity contribution < 1.29 is 9.47 Å². The Labute approximate surface area is 136 Å². The van der Waals surface area contributed by atoms with Gasteiger partial charge in [-0.2, -0.15) is 0 Å². The van der Waals surface area contributed by atoms with Gasteiger partial charge in [0.2, 0.25) is 0 Å². The smallest absolute Gasteiger partial charge is 0.183 e. The van der Waals surface area contributed by atoms with E-state index in [-0.39, 0.29) is 6.29 Å². The molecule has 0 spiro atoms. The lowest BCUT2D eigenvalue weighted by Crippen LogP contribution is -2.25. The Morgan fingerprint density at radius 2 is 1.23 bits per heavy atom. The van der Waals surface area contributed by atoms with Crippen molar-refractivity contribution in [3.63, 3.8) is 0 Å². The third-order valence-electron chi connectivity index (χ3n) is 4.76. The SMILES string of the molecule is CC.CC1CCC(c2ccc(C3OCC(C)CO3)cc2)CC1. The minimum absolute atomic E-state index is 0.161. The quantitative estimate of drug-likeness (QED) is 0.699. The van der Waals surface area contributed by atoms with Gasteiger partial charge >= 0.3 is 0 Å². The predicted octanol–water partition coefficient (Wildman–Crippen LogP) is 5.69. The number of rotatable bonds is 2. The molecule has 1 aliphatic heterocycles. The average Bonchev–Trinajstić information content (AvgIpc) is 2.58. The number of hydrogen-bond acceptors (Lipinski definition) is 2. The first-order valence-electron chi connectivity index (χ1n) is 9.05. The van der Waals surface area contributed by atoms with Crippen LogP contribution in [0.5, 0.6) is 0 Å². The van der Waals surface area contributed by atoms with E-state index in [1.165, 1.54) is 31.2 Å². The molecule has 1 heterocycles. The molecule has 2 nitrogen and oxygen atoms in total. The normalized spacial score (nSPS) is 32.0. The van der Waals surface area contributed by atoms with Crippen LogP contribution in [0.4, 0.5) is 0 Å². The highest BCUT2D eigenvalue weighted by molar-refractivity contribution is 5.26. The Bertz CT molecular complexity index is 369. The molecule has 0 N–H and O–H groups in total. The topological polar surface area (TPSA) is 18.5 Å². The van der Waals surface area contributed by atoms with E-state index in [1.54, 1.807) is 0 Å². The summed E-state index contributed by atoms with van der Waals surface area (Å²) >= 11 is 0.